The van der Waals surface area contributed by atoms with Crippen LogP contribution in [-0.2, 0) is 21.4 Å². The van der Waals surface area contributed by atoms with Gasteiger partial charge in [0.05, 0.1) is 12.3 Å². The Labute approximate surface area is 180 Å². The third kappa shape index (κ3) is 6.77. The molecular formula is C21H36N3O5S-. The standard InChI is InChI=1S/C21H37N3O5S/c1-5-30(27,28)22-15-17-23-19(29-24-17)16(14-18(25)26)10-9-13-21(20(2,3)4)11-7-6-8-12-21/h16,22H,5-15H2,1-4H3,(H,25,26)/p-1. The smallest absolute Gasteiger partial charge is 0.230 e. The number of carboxylic acid groups (broad SMARTS) is 1. The van der Waals surface area contributed by atoms with Gasteiger partial charge in [-0.1, -0.05) is 51.6 Å². The van der Waals surface area contributed by atoms with E-state index in [9.17, 15) is 18.3 Å². The molecule has 0 aromatic carbocycles. The first-order valence-electron chi connectivity index (χ1n) is 11.0. The predicted molar refractivity (Wildman–Crippen MR) is 112 cm³/mol. The van der Waals surface area contributed by atoms with Crippen molar-refractivity contribution in [3.8, 4) is 0 Å². The van der Waals surface area contributed by atoms with E-state index in [2.05, 4.69) is 35.6 Å². The number of carbonyl (C=O) groups is 1. The third-order valence-corrected chi connectivity index (χ3v) is 8.03. The number of carboxylic acids is 1. The Morgan fingerprint density at radius 1 is 1.27 bits per heavy atom. The summed E-state index contributed by atoms with van der Waals surface area (Å²) in [5, 5.41) is 15.1. The topological polar surface area (TPSA) is 125 Å². The highest BCUT2D eigenvalue weighted by Crippen LogP contribution is 2.53. The van der Waals surface area contributed by atoms with Crippen molar-refractivity contribution >= 4 is 16.0 Å². The molecule has 1 aromatic heterocycles. The molecule has 1 heterocycles. The number of carbonyl (C=O) groups excluding carboxylic acids is 1. The molecule has 172 valence electrons. The van der Waals surface area contributed by atoms with E-state index >= 15 is 0 Å². The lowest BCUT2D eigenvalue weighted by atomic mass is 9.57. The van der Waals surface area contributed by atoms with E-state index in [0.29, 0.717) is 6.42 Å². The second-order valence-corrected chi connectivity index (χ2v) is 11.6. The van der Waals surface area contributed by atoms with E-state index < -0.39 is 21.9 Å². The number of aliphatic carboxylic acids is 1. The van der Waals surface area contributed by atoms with E-state index in [1.807, 2.05) is 0 Å². The lowest BCUT2D eigenvalue weighted by Gasteiger charge is -2.48. The molecular weight excluding hydrogens is 406 g/mol. The zero-order valence-electron chi connectivity index (χ0n) is 18.7. The molecule has 1 saturated carbocycles. The van der Waals surface area contributed by atoms with Gasteiger partial charge in [-0.3, -0.25) is 0 Å². The second kappa shape index (κ2) is 10.2. The van der Waals surface area contributed by atoms with Gasteiger partial charge in [-0.2, -0.15) is 4.98 Å². The van der Waals surface area contributed by atoms with Crippen LogP contribution in [0.1, 0.15) is 103 Å². The van der Waals surface area contributed by atoms with E-state index in [1.54, 1.807) is 0 Å². The van der Waals surface area contributed by atoms with E-state index in [0.717, 1.165) is 12.8 Å². The molecule has 0 aliphatic heterocycles. The molecule has 1 unspecified atom stereocenters. The van der Waals surface area contributed by atoms with Crippen LogP contribution in [0.5, 0.6) is 0 Å². The zero-order valence-corrected chi connectivity index (χ0v) is 19.5. The first kappa shape index (κ1) is 24.8. The first-order chi connectivity index (χ1) is 14.0. The van der Waals surface area contributed by atoms with Crippen molar-refractivity contribution in [3.63, 3.8) is 0 Å². The summed E-state index contributed by atoms with van der Waals surface area (Å²) in [5.41, 5.74) is 0.473. The maximum atomic E-state index is 11.6. The lowest BCUT2D eigenvalue weighted by molar-refractivity contribution is -0.306. The maximum absolute atomic E-state index is 11.6. The molecule has 8 nitrogen and oxygen atoms in total. The second-order valence-electron chi connectivity index (χ2n) is 9.53. The number of hydrogen-bond acceptors (Lipinski definition) is 7. The summed E-state index contributed by atoms with van der Waals surface area (Å²) < 4.78 is 30.8. The lowest BCUT2D eigenvalue weighted by Crippen LogP contribution is -2.37. The quantitative estimate of drug-likeness (QED) is 0.558. The Bertz CT molecular complexity index is 792. The number of hydrogen-bond donors (Lipinski definition) is 1. The van der Waals surface area contributed by atoms with Crippen LogP contribution in [0.3, 0.4) is 0 Å². The molecule has 2 rings (SSSR count). The SMILES string of the molecule is CCS(=O)(=O)NCc1noc(C(CCCC2(C(C)(C)C)CCCCC2)CC(=O)[O-])n1. The van der Waals surface area contributed by atoms with Crippen molar-refractivity contribution in [2.45, 2.75) is 97.9 Å². The molecule has 1 atom stereocenters. The summed E-state index contributed by atoms with van der Waals surface area (Å²) in [7, 11) is -3.37. The third-order valence-electron chi connectivity index (χ3n) is 6.69. The van der Waals surface area contributed by atoms with E-state index in [4.69, 9.17) is 4.52 Å². The minimum absolute atomic E-state index is 0.0411. The van der Waals surface area contributed by atoms with Crippen molar-refractivity contribution in [2.24, 2.45) is 10.8 Å². The van der Waals surface area contributed by atoms with Crippen LogP contribution >= 0.6 is 0 Å². The van der Waals surface area contributed by atoms with Gasteiger partial charge in [-0.25, -0.2) is 13.1 Å². The van der Waals surface area contributed by atoms with E-state index in [-0.39, 0.29) is 41.3 Å². The number of nitrogens with zero attached hydrogens (tertiary/aromatic N) is 2. The van der Waals surface area contributed by atoms with Crippen molar-refractivity contribution in [1.29, 1.82) is 0 Å². The van der Waals surface area contributed by atoms with Gasteiger partial charge in [0.1, 0.15) is 0 Å². The van der Waals surface area contributed by atoms with Gasteiger partial charge in [0.2, 0.25) is 15.9 Å². The molecule has 0 bridgehead atoms. The Morgan fingerprint density at radius 2 is 1.93 bits per heavy atom. The van der Waals surface area contributed by atoms with Crippen LogP contribution in [0, 0.1) is 10.8 Å². The fourth-order valence-electron chi connectivity index (χ4n) is 4.59. The van der Waals surface area contributed by atoms with Crippen molar-refractivity contribution in [2.75, 3.05) is 5.75 Å². The fourth-order valence-corrected chi connectivity index (χ4v) is 5.14. The molecule has 0 spiro atoms. The number of rotatable bonds is 11. The predicted octanol–water partition coefficient (Wildman–Crippen LogP) is 2.90. The molecule has 9 heteroatoms. The first-order valence-corrected chi connectivity index (χ1v) is 12.6. The van der Waals surface area contributed by atoms with Crippen molar-refractivity contribution < 1.29 is 22.8 Å². The molecule has 1 fully saturated rings. The Morgan fingerprint density at radius 3 is 2.50 bits per heavy atom. The van der Waals surface area contributed by atoms with Crippen molar-refractivity contribution in [1.82, 2.24) is 14.9 Å². The molecule has 1 aliphatic rings. The monoisotopic (exact) mass is 442 g/mol. The van der Waals surface area contributed by atoms with Crippen molar-refractivity contribution in [3.05, 3.63) is 11.7 Å². The fraction of sp³-hybridized carbons (Fsp3) is 0.857. The van der Waals surface area contributed by atoms with Gasteiger partial charge >= 0.3 is 0 Å². The summed E-state index contributed by atoms with van der Waals surface area (Å²) >= 11 is 0. The van der Waals surface area contributed by atoms with Gasteiger partial charge in [0, 0.05) is 11.9 Å². The van der Waals surface area contributed by atoms with Crippen LogP contribution in [0.4, 0.5) is 0 Å². The van der Waals surface area contributed by atoms with Crippen LogP contribution in [0.2, 0.25) is 0 Å². The highest BCUT2D eigenvalue weighted by molar-refractivity contribution is 7.89. The van der Waals surface area contributed by atoms with Crippen LogP contribution < -0.4 is 9.83 Å². The van der Waals surface area contributed by atoms with Crippen LogP contribution in [0.25, 0.3) is 0 Å². The van der Waals surface area contributed by atoms with Gasteiger partial charge in [-0.15, -0.1) is 0 Å². The molecule has 0 radical (unpaired) electrons. The molecule has 1 aromatic rings. The summed E-state index contributed by atoms with van der Waals surface area (Å²) in [6.07, 6.45) is 8.55. The van der Waals surface area contributed by atoms with Crippen LogP contribution in [0.15, 0.2) is 4.52 Å². The minimum atomic E-state index is -3.37. The maximum Gasteiger partial charge on any atom is 0.230 e. The zero-order chi connectivity index (χ0) is 22.4. The molecule has 1 N–H and O–H groups in total. The minimum Gasteiger partial charge on any atom is -0.550 e. The summed E-state index contributed by atoms with van der Waals surface area (Å²) in [6, 6.07) is 0. The molecule has 1 aliphatic carbocycles. The molecule has 0 amide bonds. The molecule has 0 saturated heterocycles. The Hall–Kier alpha value is -1.48. The van der Waals surface area contributed by atoms with Gasteiger partial charge < -0.3 is 14.4 Å². The Kier molecular flexibility index (Phi) is 8.44. The average Bonchev–Trinajstić information content (AvgIpc) is 3.14. The van der Waals surface area contributed by atoms with E-state index in [1.165, 1.54) is 39.0 Å². The summed E-state index contributed by atoms with van der Waals surface area (Å²) in [4.78, 5) is 15.5. The summed E-state index contributed by atoms with van der Waals surface area (Å²) in [6.45, 7) is 8.37. The highest BCUT2D eigenvalue weighted by atomic mass is 32.2. The van der Waals surface area contributed by atoms with Gasteiger partial charge in [0.15, 0.2) is 5.82 Å². The highest BCUT2D eigenvalue weighted by Gasteiger charge is 2.41. The normalized spacial score (nSPS) is 18.3. The van der Waals surface area contributed by atoms with Crippen LogP contribution in [-0.4, -0.2) is 30.3 Å². The number of nitrogens with one attached hydrogen (secondary N) is 1. The Balaban J connectivity index is 2.03. The van der Waals surface area contributed by atoms with Gasteiger partial charge in [-0.05, 0) is 49.9 Å². The molecule has 30 heavy (non-hydrogen) atoms. The summed E-state index contributed by atoms with van der Waals surface area (Å²) in [5.74, 6) is -1.20. The number of aromatic nitrogens is 2. The number of sulfonamides is 1. The largest absolute Gasteiger partial charge is 0.550 e. The average molecular weight is 443 g/mol. The van der Waals surface area contributed by atoms with Gasteiger partial charge in [0.25, 0.3) is 0 Å².